The van der Waals surface area contributed by atoms with Crippen LogP contribution in [0.1, 0.15) is 29.7 Å². The number of anilines is 1. The molecule has 1 fully saturated rings. The fraction of sp³-hybridized carbons (Fsp3) is 0.500. The van der Waals surface area contributed by atoms with Crippen molar-refractivity contribution < 1.29 is 13.2 Å². The van der Waals surface area contributed by atoms with E-state index >= 15 is 0 Å². The van der Waals surface area contributed by atoms with Crippen molar-refractivity contribution in [1.29, 1.82) is 0 Å². The van der Waals surface area contributed by atoms with E-state index < -0.39 is 11.7 Å². The quantitative estimate of drug-likeness (QED) is 0.322. The van der Waals surface area contributed by atoms with Gasteiger partial charge in [0.15, 0.2) is 11.1 Å². The monoisotopic (exact) mass is 553 g/mol. The van der Waals surface area contributed by atoms with Gasteiger partial charge in [-0.25, -0.2) is 4.98 Å². The number of aliphatic imine (C=N–C) groups is 1. The zero-order chi connectivity index (χ0) is 20.9. The van der Waals surface area contributed by atoms with Crippen LogP contribution in [0.25, 0.3) is 0 Å². The number of rotatable bonds is 6. The lowest BCUT2D eigenvalue weighted by atomic mass is 10.1. The minimum Gasteiger partial charge on any atom is -0.356 e. The average Bonchev–Trinajstić information content (AvgIpc) is 3.36. The maximum absolute atomic E-state index is 12.7. The first-order chi connectivity index (χ1) is 13.9. The largest absolute Gasteiger partial charge is 0.416 e. The van der Waals surface area contributed by atoms with Crippen LogP contribution in [0.3, 0.4) is 0 Å². The molecular weight excluding hydrogens is 526 g/mol. The number of hydrogen-bond acceptors (Lipinski definition) is 4. The minimum absolute atomic E-state index is 0. The molecule has 166 valence electrons. The fourth-order valence-electron chi connectivity index (χ4n) is 3.30. The zero-order valence-corrected chi connectivity index (χ0v) is 20.2. The zero-order valence-electron chi connectivity index (χ0n) is 17.1. The van der Waals surface area contributed by atoms with Crippen molar-refractivity contribution in [3.8, 4) is 0 Å². The molecule has 0 spiro atoms. The Morgan fingerprint density at radius 2 is 1.90 bits per heavy atom. The van der Waals surface area contributed by atoms with Crippen molar-refractivity contribution in [2.75, 3.05) is 38.6 Å². The molecule has 0 bridgehead atoms. The number of hydrogen-bond donors (Lipinski definition) is 1. The van der Waals surface area contributed by atoms with E-state index in [2.05, 4.69) is 20.6 Å². The maximum Gasteiger partial charge on any atom is 0.416 e. The number of benzene rings is 1. The summed E-state index contributed by atoms with van der Waals surface area (Å²) in [6.07, 6.45) is -1.06. The standard InChI is InChI=1S/C20H26F3N5S.HI/c1-24-18(27(2)13-15-5-7-16(8-6-15)20(21,22)23)25-10-9-17-14-29-19(26-17)28-11-3-4-12-28;/h5-8,14H,3-4,9-13H2,1-2H3,(H,24,25);1H. The third-order valence-electron chi connectivity index (χ3n) is 4.85. The van der Waals surface area contributed by atoms with Crippen molar-refractivity contribution in [3.63, 3.8) is 0 Å². The topological polar surface area (TPSA) is 43.8 Å². The second kappa shape index (κ2) is 11.2. The normalized spacial score (nSPS) is 14.6. The van der Waals surface area contributed by atoms with E-state index in [9.17, 15) is 13.2 Å². The van der Waals surface area contributed by atoms with Crippen LogP contribution in [0.5, 0.6) is 0 Å². The molecule has 10 heteroatoms. The van der Waals surface area contributed by atoms with Crippen molar-refractivity contribution in [2.24, 2.45) is 4.99 Å². The van der Waals surface area contributed by atoms with E-state index in [-0.39, 0.29) is 24.0 Å². The molecule has 1 saturated heterocycles. The SMILES string of the molecule is CN=C(NCCc1csc(N2CCCC2)n1)N(C)Cc1ccc(C(F)(F)F)cc1.I. The van der Waals surface area contributed by atoms with Crippen LogP contribution >= 0.6 is 35.3 Å². The third-order valence-corrected chi connectivity index (χ3v) is 5.81. The number of aromatic nitrogens is 1. The molecule has 1 aliphatic heterocycles. The molecule has 0 unspecified atom stereocenters. The van der Waals surface area contributed by atoms with Gasteiger partial charge >= 0.3 is 6.18 Å². The second-order valence-electron chi connectivity index (χ2n) is 7.09. The fourth-order valence-corrected chi connectivity index (χ4v) is 4.21. The molecule has 0 radical (unpaired) electrons. The minimum atomic E-state index is -4.31. The predicted octanol–water partition coefficient (Wildman–Crippen LogP) is 4.63. The second-order valence-corrected chi connectivity index (χ2v) is 7.93. The molecule has 1 N–H and O–H groups in total. The van der Waals surface area contributed by atoms with Gasteiger partial charge in [-0.1, -0.05) is 12.1 Å². The number of alkyl halides is 3. The maximum atomic E-state index is 12.7. The summed E-state index contributed by atoms with van der Waals surface area (Å²) >= 11 is 1.69. The van der Waals surface area contributed by atoms with Gasteiger partial charge in [0.2, 0.25) is 0 Å². The van der Waals surface area contributed by atoms with Crippen LogP contribution in [0, 0.1) is 0 Å². The van der Waals surface area contributed by atoms with Gasteiger partial charge < -0.3 is 15.1 Å². The van der Waals surface area contributed by atoms with E-state index in [1.165, 1.54) is 25.0 Å². The molecule has 0 amide bonds. The number of guanidine groups is 1. The van der Waals surface area contributed by atoms with Gasteiger partial charge in [-0.15, -0.1) is 35.3 Å². The number of thiazole rings is 1. The smallest absolute Gasteiger partial charge is 0.356 e. The van der Waals surface area contributed by atoms with Gasteiger partial charge in [-0.2, -0.15) is 13.2 Å². The van der Waals surface area contributed by atoms with Crippen LogP contribution in [0.15, 0.2) is 34.6 Å². The summed E-state index contributed by atoms with van der Waals surface area (Å²) < 4.78 is 38.1. The lowest BCUT2D eigenvalue weighted by molar-refractivity contribution is -0.137. The Hall–Kier alpha value is -1.56. The summed E-state index contributed by atoms with van der Waals surface area (Å²) in [7, 11) is 3.56. The van der Waals surface area contributed by atoms with E-state index in [1.54, 1.807) is 18.4 Å². The lowest BCUT2D eigenvalue weighted by Gasteiger charge is -2.22. The third kappa shape index (κ3) is 6.73. The lowest BCUT2D eigenvalue weighted by Crippen LogP contribution is -2.39. The van der Waals surface area contributed by atoms with Crippen LogP contribution in [0.4, 0.5) is 18.3 Å². The summed E-state index contributed by atoms with van der Waals surface area (Å²) in [5, 5.41) is 6.50. The van der Waals surface area contributed by atoms with Gasteiger partial charge in [0.05, 0.1) is 11.3 Å². The number of halogens is 4. The van der Waals surface area contributed by atoms with Crippen LogP contribution in [-0.2, 0) is 19.1 Å². The van der Waals surface area contributed by atoms with Crippen molar-refractivity contribution in [1.82, 2.24) is 15.2 Å². The predicted molar refractivity (Wildman–Crippen MR) is 127 cm³/mol. The van der Waals surface area contributed by atoms with E-state index in [0.717, 1.165) is 48.0 Å². The first-order valence-corrected chi connectivity index (χ1v) is 10.5. The Kier molecular flexibility index (Phi) is 9.20. The van der Waals surface area contributed by atoms with Crippen LogP contribution in [-0.4, -0.2) is 49.6 Å². The van der Waals surface area contributed by atoms with E-state index in [1.807, 2.05) is 11.9 Å². The highest BCUT2D eigenvalue weighted by Gasteiger charge is 2.29. The Morgan fingerprint density at radius 1 is 1.23 bits per heavy atom. The highest BCUT2D eigenvalue weighted by atomic mass is 127. The molecule has 1 aromatic carbocycles. The van der Waals surface area contributed by atoms with Crippen LogP contribution in [0.2, 0.25) is 0 Å². The van der Waals surface area contributed by atoms with Gasteiger partial charge in [-0.05, 0) is 30.5 Å². The Bertz CT molecular complexity index is 817. The summed E-state index contributed by atoms with van der Waals surface area (Å²) in [6.45, 7) is 3.33. The van der Waals surface area contributed by atoms with Gasteiger partial charge in [-0.3, -0.25) is 4.99 Å². The molecule has 0 atom stereocenters. The summed E-state index contributed by atoms with van der Waals surface area (Å²) in [5.74, 6) is 0.694. The highest BCUT2D eigenvalue weighted by Crippen LogP contribution is 2.29. The molecule has 1 aliphatic rings. The van der Waals surface area contributed by atoms with Gasteiger partial charge in [0, 0.05) is 52.1 Å². The van der Waals surface area contributed by atoms with Crippen molar-refractivity contribution >= 4 is 46.4 Å². The molecule has 30 heavy (non-hydrogen) atoms. The molecule has 1 aromatic heterocycles. The first-order valence-electron chi connectivity index (χ1n) is 9.64. The highest BCUT2D eigenvalue weighted by molar-refractivity contribution is 14.0. The summed E-state index contributed by atoms with van der Waals surface area (Å²) in [6, 6.07) is 5.22. The van der Waals surface area contributed by atoms with Crippen molar-refractivity contribution in [3.05, 3.63) is 46.5 Å². The molecular formula is C20H27F3IN5S. The number of nitrogens with zero attached hydrogens (tertiary/aromatic N) is 4. The van der Waals surface area contributed by atoms with E-state index in [4.69, 9.17) is 4.98 Å². The van der Waals surface area contributed by atoms with E-state index in [0.29, 0.717) is 19.0 Å². The Morgan fingerprint density at radius 3 is 2.50 bits per heavy atom. The Balaban J connectivity index is 0.00000320. The van der Waals surface area contributed by atoms with Gasteiger partial charge in [0.1, 0.15) is 0 Å². The van der Waals surface area contributed by atoms with Crippen molar-refractivity contribution in [2.45, 2.75) is 32.0 Å². The van der Waals surface area contributed by atoms with Gasteiger partial charge in [0.25, 0.3) is 0 Å². The first kappa shape index (κ1) is 24.7. The van der Waals surface area contributed by atoms with Crippen LogP contribution < -0.4 is 10.2 Å². The molecule has 2 heterocycles. The summed E-state index contributed by atoms with van der Waals surface area (Å²) in [5.41, 5.74) is 1.21. The molecule has 0 aliphatic carbocycles. The molecule has 2 aromatic rings. The molecule has 0 saturated carbocycles. The number of nitrogens with one attached hydrogen (secondary N) is 1. The average molecular weight is 553 g/mol. The summed E-state index contributed by atoms with van der Waals surface area (Å²) in [4.78, 5) is 13.2. The molecule has 5 nitrogen and oxygen atoms in total. The molecule has 3 rings (SSSR count). The Labute approximate surface area is 196 Å².